The minimum atomic E-state index is -0.667. The molecule has 1 amide bonds. The topological polar surface area (TPSA) is 115 Å². The molecule has 0 radical (unpaired) electrons. The van der Waals surface area contributed by atoms with Gasteiger partial charge in [-0.05, 0) is 17.9 Å². The Labute approximate surface area is 153 Å². The summed E-state index contributed by atoms with van der Waals surface area (Å²) >= 11 is 5.95. The normalized spacial score (nSPS) is 15.3. The number of hydrogen-bond acceptors (Lipinski definition) is 6. The Morgan fingerprint density at radius 3 is 2.77 bits per heavy atom. The molecule has 2 aromatic rings. The van der Waals surface area contributed by atoms with Gasteiger partial charge in [0, 0.05) is 18.7 Å². The van der Waals surface area contributed by atoms with Gasteiger partial charge in [-0.2, -0.15) is 0 Å². The summed E-state index contributed by atoms with van der Waals surface area (Å²) in [4.78, 5) is 43.1. The number of carbonyl (C=O) groups excluding carboxylic acids is 2. The van der Waals surface area contributed by atoms with Gasteiger partial charge in [-0.15, -0.1) is 0 Å². The molecule has 26 heavy (non-hydrogen) atoms. The SMILES string of the molecule is CC1(C)CC(=O)c2cnc(NC(=O)c3cccc([N+](=O)[O-])c3Cl)nc2C1. The lowest BCUT2D eigenvalue weighted by molar-refractivity contribution is -0.384. The Hall–Kier alpha value is -2.87. The van der Waals surface area contributed by atoms with E-state index >= 15 is 0 Å². The molecular formula is C17H15ClN4O4. The van der Waals surface area contributed by atoms with Crippen LogP contribution in [0.3, 0.4) is 0 Å². The second-order valence-corrected chi connectivity index (χ2v) is 7.22. The van der Waals surface area contributed by atoms with E-state index in [9.17, 15) is 19.7 Å². The molecule has 1 aromatic carbocycles. The van der Waals surface area contributed by atoms with Gasteiger partial charge in [0.15, 0.2) is 5.78 Å². The second kappa shape index (κ2) is 6.45. The standard InChI is InChI=1S/C17H15ClN4O4/c1-17(2)6-11-10(13(23)7-17)8-19-16(20-11)21-15(24)9-4-3-5-12(14(9)18)22(25)26/h3-5,8H,6-7H2,1-2H3,(H,19,20,21,24). The minimum Gasteiger partial charge on any atom is -0.294 e. The van der Waals surface area contributed by atoms with Crippen molar-refractivity contribution in [3.05, 3.63) is 56.4 Å². The number of amides is 1. The van der Waals surface area contributed by atoms with Crippen molar-refractivity contribution in [3.63, 3.8) is 0 Å². The van der Waals surface area contributed by atoms with Crippen LogP contribution in [0.5, 0.6) is 0 Å². The summed E-state index contributed by atoms with van der Waals surface area (Å²) in [6.45, 7) is 3.94. The van der Waals surface area contributed by atoms with Crippen molar-refractivity contribution in [1.82, 2.24) is 9.97 Å². The van der Waals surface area contributed by atoms with E-state index in [0.29, 0.717) is 24.1 Å². The molecule has 0 spiro atoms. The van der Waals surface area contributed by atoms with Crippen LogP contribution in [0.4, 0.5) is 11.6 Å². The lowest BCUT2D eigenvalue weighted by atomic mass is 9.76. The summed E-state index contributed by atoms with van der Waals surface area (Å²) in [7, 11) is 0. The van der Waals surface area contributed by atoms with Gasteiger partial charge in [0.25, 0.3) is 11.6 Å². The van der Waals surface area contributed by atoms with Crippen molar-refractivity contribution in [2.75, 3.05) is 5.32 Å². The van der Waals surface area contributed by atoms with Crippen molar-refractivity contribution >= 4 is 34.9 Å². The largest absolute Gasteiger partial charge is 0.294 e. The number of carbonyl (C=O) groups is 2. The fourth-order valence-electron chi connectivity index (χ4n) is 2.90. The number of anilines is 1. The molecule has 0 fully saturated rings. The van der Waals surface area contributed by atoms with Crippen LogP contribution in [0.2, 0.25) is 5.02 Å². The van der Waals surface area contributed by atoms with Gasteiger partial charge in [-0.1, -0.05) is 31.5 Å². The van der Waals surface area contributed by atoms with Gasteiger partial charge >= 0.3 is 0 Å². The average Bonchev–Trinajstić information content (AvgIpc) is 2.53. The lowest BCUT2D eigenvalue weighted by Crippen LogP contribution is -2.28. The average molecular weight is 375 g/mol. The van der Waals surface area contributed by atoms with Crippen LogP contribution in [0.1, 0.15) is 46.7 Å². The predicted molar refractivity (Wildman–Crippen MR) is 94.5 cm³/mol. The van der Waals surface area contributed by atoms with Crippen LogP contribution in [0, 0.1) is 15.5 Å². The molecule has 0 unspecified atom stereocenters. The predicted octanol–water partition coefficient (Wildman–Crippen LogP) is 3.45. The Bertz CT molecular complexity index is 942. The molecule has 0 atom stereocenters. The fourth-order valence-corrected chi connectivity index (χ4v) is 3.18. The smallest absolute Gasteiger partial charge is 0.288 e. The molecule has 1 N–H and O–H groups in total. The highest BCUT2D eigenvalue weighted by Gasteiger charge is 2.32. The summed E-state index contributed by atoms with van der Waals surface area (Å²) in [5.74, 6) is -0.683. The summed E-state index contributed by atoms with van der Waals surface area (Å²) in [6, 6.07) is 3.95. The maximum absolute atomic E-state index is 12.4. The van der Waals surface area contributed by atoms with Gasteiger partial charge in [-0.3, -0.25) is 25.0 Å². The zero-order valence-electron chi connectivity index (χ0n) is 14.1. The Morgan fingerprint density at radius 2 is 2.08 bits per heavy atom. The summed E-state index contributed by atoms with van der Waals surface area (Å²) in [5, 5.41) is 13.2. The van der Waals surface area contributed by atoms with Crippen LogP contribution in [-0.4, -0.2) is 26.6 Å². The first-order valence-corrected chi connectivity index (χ1v) is 8.19. The number of hydrogen-bond donors (Lipinski definition) is 1. The molecule has 3 rings (SSSR count). The zero-order chi connectivity index (χ0) is 19.1. The molecule has 0 aliphatic heterocycles. The van der Waals surface area contributed by atoms with Gasteiger partial charge < -0.3 is 0 Å². The zero-order valence-corrected chi connectivity index (χ0v) is 14.8. The molecular weight excluding hydrogens is 360 g/mol. The van der Waals surface area contributed by atoms with Crippen molar-refractivity contribution in [1.29, 1.82) is 0 Å². The first-order valence-electron chi connectivity index (χ1n) is 7.81. The highest BCUT2D eigenvalue weighted by atomic mass is 35.5. The van der Waals surface area contributed by atoms with E-state index in [0.717, 1.165) is 0 Å². The van der Waals surface area contributed by atoms with Crippen molar-refractivity contribution < 1.29 is 14.5 Å². The molecule has 0 saturated heterocycles. The van der Waals surface area contributed by atoms with Gasteiger partial charge in [0.2, 0.25) is 5.95 Å². The van der Waals surface area contributed by atoms with Crippen LogP contribution >= 0.6 is 11.6 Å². The third-order valence-electron chi connectivity index (χ3n) is 4.10. The third-order valence-corrected chi connectivity index (χ3v) is 4.50. The van der Waals surface area contributed by atoms with Gasteiger partial charge in [0.1, 0.15) is 5.02 Å². The highest BCUT2D eigenvalue weighted by Crippen LogP contribution is 2.34. The summed E-state index contributed by atoms with van der Waals surface area (Å²) in [5.41, 5.74) is 0.386. The number of nitrogens with one attached hydrogen (secondary N) is 1. The third kappa shape index (κ3) is 3.41. The maximum atomic E-state index is 12.4. The highest BCUT2D eigenvalue weighted by molar-refractivity contribution is 6.36. The molecule has 1 aromatic heterocycles. The molecule has 9 heteroatoms. The molecule has 1 heterocycles. The molecule has 8 nitrogen and oxygen atoms in total. The van der Waals surface area contributed by atoms with E-state index in [1.165, 1.54) is 24.4 Å². The molecule has 0 saturated carbocycles. The number of nitro benzene ring substituents is 1. The van der Waals surface area contributed by atoms with E-state index in [1.54, 1.807) is 0 Å². The van der Waals surface area contributed by atoms with Crippen LogP contribution in [0.25, 0.3) is 0 Å². The lowest BCUT2D eigenvalue weighted by Gasteiger charge is -2.29. The number of rotatable bonds is 3. The van der Waals surface area contributed by atoms with E-state index in [2.05, 4.69) is 15.3 Å². The number of aromatic nitrogens is 2. The van der Waals surface area contributed by atoms with E-state index in [1.807, 2.05) is 13.8 Å². The van der Waals surface area contributed by atoms with E-state index < -0.39 is 10.8 Å². The van der Waals surface area contributed by atoms with Crippen LogP contribution in [-0.2, 0) is 6.42 Å². The van der Waals surface area contributed by atoms with Crippen molar-refractivity contribution in [2.24, 2.45) is 5.41 Å². The number of nitrogens with zero attached hydrogens (tertiary/aromatic N) is 3. The molecule has 134 valence electrons. The Morgan fingerprint density at radius 1 is 1.35 bits per heavy atom. The number of nitro groups is 1. The number of fused-ring (bicyclic) bond motifs is 1. The number of benzene rings is 1. The number of Topliss-reactive ketones (excluding diaryl/α,β-unsaturated/α-hetero) is 1. The number of ketones is 1. The van der Waals surface area contributed by atoms with Gasteiger partial charge in [0.05, 0.1) is 21.7 Å². The fraction of sp³-hybridized carbons (Fsp3) is 0.294. The van der Waals surface area contributed by atoms with Crippen molar-refractivity contribution in [3.8, 4) is 0 Å². The molecule has 1 aliphatic rings. The van der Waals surface area contributed by atoms with E-state index in [4.69, 9.17) is 11.6 Å². The first-order chi connectivity index (χ1) is 12.2. The van der Waals surface area contributed by atoms with Gasteiger partial charge in [-0.25, -0.2) is 9.97 Å². The quantitative estimate of drug-likeness (QED) is 0.649. The monoisotopic (exact) mass is 374 g/mol. The van der Waals surface area contributed by atoms with E-state index in [-0.39, 0.29) is 33.4 Å². The minimum absolute atomic E-state index is 0.0156. The summed E-state index contributed by atoms with van der Waals surface area (Å²) in [6.07, 6.45) is 2.39. The van der Waals surface area contributed by atoms with Crippen LogP contribution in [0.15, 0.2) is 24.4 Å². The first kappa shape index (κ1) is 17.9. The second-order valence-electron chi connectivity index (χ2n) is 6.84. The van der Waals surface area contributed by atoms with Crippen LogP contribution < -0.4 is 5.32 Å². The maximum Gasteiger partial charge on any atom is 0.288 e. The molecule has 0 bridgehead atoms. The summed E-state index contributed by atoms with van der Waals surface area (Å²) < 4.78 is 0. The Balaban J connectivity index is 1.89. The van der Waals surface area contributed by atoms with Crippen molar-refractivity contribution in [2.45, 2.75) is 26.7 Å². The molecule has 1 aliphatic carbocycles. The Kier molecular flexibility index (Phi) is 4.45. The number of halogens is 1.